The normalized spacial score (nSPS) is 17.2. The fourth-order valence-electron chi connectivity index (χ4n) is 4.87. The number of thiazole rings is 1. The smallest absolute Gasteiger partial charge is 0.283 e. The molecule has 2 aromatic rings. The van der Waals surface area contributed by atoms with E-state index in [0.717, 1.165) is 14.8 Å². The highest BCUT2D eigenvalue weighted by Crippen LogP contribution is 2.33. The fraction of sp³-hybridized carbons (Fsp3) is 0.393. The molecule has 1 aromatic heterocycles. The van der Waals surface area contributed by atoms with Crippen molar-refractivity contribution >= 4 is 52.5 Å². The van der Waals surface area contributed by atoms with Gasteiger partial charge in [0.25, 0.3) is 17.7 Å². The maximum absolute atomic E-state index is 14.2. The number of fused-ring (bicyclic) bond motifs is 1. The second-order valence-electron chi connectivity index (χ2n) is 10.1. The van der Waals surface area contributed by atoms with E-state index >= 15 is 0 Å². The maximum Gasteiger partial charge on any atom is 0.283 e. The largest absolute Gasteiger partial charge is 0.383 e. The van der Waals surface area contributed by atoms with Crippen LogP contribution in [-0.2, 0) is 19.2 Å². The van der Waals surface area contributed by atoms with Crippen LogP contribution in [0, 0.1) is 0 Å². The molecule has 0 aliphatic carbocycles. The summed E-state index contributed by atoms with van der Waals surface area (Å²) in [5.41, 5.74) is 0.358. The van der Waals surface area contributed by atoms with E-state index in [0.29, 0.717) is 4.88 Å². The number of hydrogen-bond donors (Lipinski definition) is 3. The van der Waals surface area contributed by atoms with Crippen LogP contribution in [0.15, 0.2) is 36.8 Å². The number of carbonyl (C=O) groups excluding carboxylic acids is 6. The Morgan fingerprint density at radius 1 is 1.24 bits per heavy atom. The molecule has 3 heterocycles. The first-order valence-electron chi connectivity index (χ1n) is 13.4. The van der Waals surface area contributed by atoms with E-state index in [-0.39, 0.29) is 55.2 Å². The van der Waals surface area contributed by atoms with Crippen molar-refractivity contribution in [1.29, 1.82) is 0 Å². The van der Waals surface area contributed by atoms with Gasteiger partial charge in [0.15, 0.2) is 5.83 Å². The summed E-state index contributed by atoms with van der Waals surface area (Å²) in [4.78, 5) is 83.3. The van der Waals surface area contributed by atoms with Crippen LogP contribution in [0.4, 0.5) is 10.1 Å². The SMILES string of the molecule is C=C(F)C(=O)N(CCNc1cccc2c1C(=O)N(C1CCC(=O)NC1=O)C2=O)C(C(=O)NCC)c1cnc(C(C)C)s1. The average molecular weight is 599 g/mol. The van der Waals surface area contributed by atoms with E-state index in [2.05, 4.69) is 27.5 Å². The number of hydrogen-bond acceptors (Lipinski definition) is 9. The predicted molar refractivity (Wildman–Crippen MR) is 151 cm³/mol. The number of anilines is 1. The van der Waals surface area contributed by atoms with E-state index in [9.17, 15) is 33.2 Å². The number of nitrogens with zero attached hydrogens (tertiary/aromatic N) is 3. The van der Waals surface area contributed by atoms with Crippen molar-refractivity contribution in [2.45, 2.75) is 51.6 Å². The molecule has 2 atom stereocenters. The highest BCUT2D eigenvalue weighted by atomic mass is 32.1. The number of amides is 6. The third-order valence-corrected chi connectivity index (χ3v) is 8.20. The number of benzene rings is 1. The lowest BCUT2D eigenvalue weighted by Crippen LogP contribution is -2.54. The lowest BCUT2D eigenvalue weighted by atomic mass is 10.0. The van der Waals surface area contributed by atoms with Crippen LogP contribution in [0.5, 0.6) is 0 Å². The second kappa shape index (κ2) is 12.6. The minimum atomic E-state index is -1.25. The summed E-state index contributed by atoms with van der Waals surface area (Å²) in [6.45, 7) is 8.77. The number of carbonyl (C=O) groups is 6. The van der Waals surface area contributed by atoms with Gasteiger partial charge in [0, 0.05) is 43.9 Å². The van der Waals surface area contributed by atoms with Gasteiger partial charge in [0.2, 0.25) is 17.7 Å². The molecule has 42 heavy (non-hydrogen) atoms. The number of aromatic nitrogens is 1. The fourth-order valence-corrected chi connectivity index (χ4v) is 5.90. The topological polar surface area (TPSA) is 158 Å². The molecule has 0 spiro atoms. The molecule has 0 bridgehead atoms. The summed E-state index contributed by atoms with van der Waals surface area (Å²) >= 11 is 1.24. The summed E-state index contributed by atoms with van der Waals surface area (Å²) in [5, 5.41) is 8.60. The molecule has 222 valence electrons. The molecule has 4 rings (SSSR count). The maximum atomic E-state index is 14.2. The van der Waals surface area contributed by atoms with Gasteiger partial charge < -0.3 is 15.5 Å². The summed E-state index contributed by atoms with van der Waals surface area (Å²) in [6, 6.07) is 2.24. The molecule has 14 heteroatoms. The first-order chi connectivity index (χ1) is 20.0. The molecule has 6 amide bonds. The summed E-state index contributed by atoms with van der Waals surface area (Å²) in [6.07, 6.45) is 1.50. The Hall–Kier alpha value is -4.46. The number of nitrogens with one attached hydrogen (secondary N) is 3. The van der Waals surface area contributed by atoms with Crippen molar-refractivity contribution < 1.29 is 33.2 Å². The van der Waals surface area contributed by atoms with Gasteiger partial charge in [-0.25, -0.2) is 9.37 Å². The monoisotopic (exact) mass is 598 g/mol. The zero-order valence-corrected chi connectivity index (χ0v) is 24.2. The predicted octanol–water partition coefficient (Wildman–Crippen LogP) is 2.27. The van der Waals surface area contributed by atoms with Crippen LogP contribution in [0.1, 0.15) is 76.2 Å². The van der Waals surface area contributed by atoms with Gasteiger partial charge in [-0.3, -0.25) is 39.0 Å². The van der Waals surface area contributed by atoms with Crippen LogP contribution >= 0.6 is 11.3 Å². The Labute approximate surface area is 245 Å². The van der Waals surface area contributed by atoms with Crippen molar-refractivity contribution in [2.24, 2.45) is 0 Å². The van der Waals surface area contributed by atoms with Crippen LogP contribution < -0.4 is 16.0 Å². The van der Waals surface area contributed by atoms with Gasteiger partial charge >= 0.3 is 0 Å². The molecule has 1 saturated heterocycles. The van der Waals surface area contributed by atoms with E-state index in [1.54, 1.807) is 19.1 Å². The summed E-state index contributed by atoms with van der Waals surface area (Å²) in [7, 11) is 0. The molecule has 0 radical (unpaired) electrons. The molecule has 1 aromatic carbocycles. The van der Waals surface area contributed by atoms with Gasteiger partial charge in [-0.2, -0.15) is 0 Å². The minimum absolute atomic E-state index is 0.0101. The van der Waals surface area contributed by atoms with Crippen molar-refractivity contribution in [1.82, 2.24) is 25.4 Å². The molecule has 2 unspecified atom stereocenters. The number of likely N-dealkylation sites (N-methyl/N-ethyl adjacent to an activating group) is 1. The zero-order valence-electron chi connectivity index (χ0n) is 23.4. The molecule has 12 nitrogen and oxygen atoms in total. The molecular weight excluding hydrogens is 567 g/mol. The van der Waals surface area contributed by atoms with E-state index < -0.39 is 53.4 Å². The number of imide groups is 2. The Morgan fingerprint density at radius 3 is 2.60 bits per heavy atom. The quantitative estimate of drug-likeness (QED) is 0.263. The van der Waals surface area contributed by atoms with Gasteiger partial charge in [0.1, 0.15) is 12.1 Å². The highest BCUT2D eigenvalue weighted by Gasteiger charge is 2.45. The lowest BCUT2D eigenvalue weighted by Gasteiger charge is -2.30. The first kappa shape index (κ1) is 30.5. The van der Waals surface area contributed by atoms with Crippen molar-refractivity contribution in [3.63, 3.8) is 0 Å². The minimum Gasteiger partial charge on any atom is -0.383 e. The molecule has 2 aliphatic heterocycles. The third-order valence-electron chi connectivity index (χ3n) is 6.85. The Kier molecular flexibility index (Phi) is 9.14. The van der Waals surface area contributed by atoms with Crippen LogP contribution in [0.2, 0.25) is 0 Å². The third kappa shape index (κ3) is 5.93. The summed E-state index contributed by atoms with van der Waals surface area (Å²) < 4.78 is 14.2. The molecule has 3 N–H and O–H groups in total. The van der Waals surface area contributed by atoms with Crippen LogP contribution in [-0.4, -0.2) is 75.9 Å². The number of rotatable bonds is 11. The van der Waals surface area contributed by atoms with E-state index in [1.807, 2.05) is 13.8 Å². The van der Waals surface area contributed by atoms with Crippen molar-refractivity contribution in [3.8, 4) is 0 Å². The van der Waals surface area contributed by atoms with Gasteiger partial charge in [0.05, 0.1) is 21.0 Å². The zero-order chi connectivity index (χ0) is 30.7. The number of piperidine rings is 1. The van der Waals surface area contributed by atoms with E-state index in [4.69, 9.17) is 0 Å². The number of halogens is 1. The van der Waals surface area contributed by atoms with Crippen molar-refractivity contribution in [3.05, 3.63) is 57.8 Å². The molecular formula is C28H31FN6O6S. The molecule has 1 fully saturated rings. The highest BCUT2D eigenvalue weighted by molar-refractivity contribution is 7.11. The second-order valence-corrected chi connectivity index (χ2v) is 11.2. The summed E-state index contributed by atoms with van der Waals surface area (Å²) in [5.74, 6) is -5.36. The van der Waals surface area contributed by atoms with Gasteiger partial charge in [-0.15, -0.1) is 11.3 Å². The Balaban J connectivity index is 1.58. The van der Waals surface area contributed by atoms with E-state index in [1.165, 1.54) is 23.6 Å². The van der Waals surface area contributed by atoms with Crippen LogP contribution in [0.25, 0.3) is 0 Å². The average Bonchev–Trinajstić information content (AvgIpc) is 3.52. The lowest BCUT2D eigenvalue weighted by molar-refractivity contribution is -0.138. The standard InChI is InChI=1S/C28H31FN6O6S/c1-5-30-24(38)22(19-13-32-25(42-19)14(2)3)34(26(39)15(4)29)12-11-31-17-8-6-7-16-21(17)28(41)35(27(16)40)18-9-10-20(36)33-23(18)37/h6-8,13-14,18,22,31H,4-5,9-12H2,1-3H3,(H,30,38)(H,33,36,37). The van der Waals surface area contributed by atoms with Crippen molar-refractivity contribution in [2.75, 3.05) is 25.0 Å². The first-order valence-corrected chi connectivity index (χ1v) is 14.2. The Bertz CT molecular complexity index is 1470. The van der Waals surface area contributed by atoms with Gasteiger partial charge in [-0.1, -0.05) is 26.5 Å². The van der Waals surface area contributed by atoms with Gasteiger partial charge in [-0.05, 0) is 25.5 Å². The Morgan fingerprint density at radius 2 is 1.98 bits per heavy atom. The molecule has 0 saturated carbocycles. The molecule has 2 aliphatic rings. The van der Waals surface area contributed by atoms with Crippen LogP contribution in [0.3, 0.4) is 0 Å².